The molecule has 0 radical (unpaired) electrons. The Morgan fingerprint density at radius 1 is 1.35 bits per heavy atom. The van der Waals surface area contributed by atoms with Crippen LogP contribution in [0, 0.1) is 0 Å². The van der Waals surface area contributed by atoms with E-state index in [1.807, 2.05) is 29.6 Å². The van der Waals surface area contributed by atoms with Gasteiger partial charge in [0.05, 0.1) is 16.6 Å². The van der Waals surface area contributed by atoms with Crippen molar-refractivity contribution >= 4 is 23.0 Å². The first-order valence-corrected chi connectivity index (χ1v) is 7.24. The molecule has 3 rings (SSSR count). The molecule has 2 aromatic rings. The number of hydrogen-bond donors (Lipinski definition) is 1. The predicted molar refractivity (Wildman–Crippen MR) is 78.8 cm³/mol. The molecule has 1 N–H and O–H groups in total. The van der Waals surface area contributed by atoms with Gasteiger partial charge in [-0.25, -0.2) is 5.01 Å². The summed E-state index contributed by atoms with van der Waals surface area (Å²) >= 11 is 1.60. The minimum Gasteiger partial charge on any atom is -0.508 e. The summed E-state index contributed by atoms with van der Waals surface area (Å²) in [5.74, 6) is 0.0798. The predicted octanol–water partition coefficient (Wildman–Crippen LogP) is 3.15. The molecular formula is C15H14N2O2S. The van der Waals surface area contributed by atoms with Crippen LogP contribution in [0.4, 0.5) is 0 Å². The molecule has 0 saturated carbocycles. The van der Waals surface area contributed by atoms with Crippen molar-refractivity contribution in [1.82, 2.24) is 5.01 Å². The maximum atomic E-state index is 11.8. The number of amides is 1. The summed E-state index contributed by atoms with van der Waals surface area (Å²) in [5.41, 5.74) is 1.63. The maximum Gasteiger partial charge on any atom is 0.240 e. The van der Waals surface area contributed by atoms with Crippen molar-refractivity contribution in [1.29, 1.82) is 0 Å². The molecule has 0 saturated heterocycles. The van der Waals surface area contributed by atoms with Crippen molar-refractivity contribution in [2.45, 2.75) is 19.4 Å². The van der Waals surface area contributed by atoms with Crippen LogP contribution < -0.4 is 0 Å². The Labute approximate surface area is 121 Å². The summed E-state index contributed by atoms with van der Waals surface area (Å²) < 4.78 is 0. The molecule has 0 unspecified atom stereocenters. The van der Waals surface area contributed by atoms with E-state index in [9.17, 15) is 9.90 Å². The molecule has 1 atom stereocenters. The first kappa shape index (κ1) is 12.9. The minimum absolute atomic E-state index is 0.121. The second-order valence-corrected chi connectivity index (χ2v) is 5.61. The molecule has 1 aromatic carbocycles. The van der Waals surface area contributed by atoms with Gasteiger partial charge in [0, 0.05) is 18.9 Å². The average Bonchev–Trinajstić information content (AvgIpc) is 3.08. The molecule has 20 heavy (non-hydrogen) atoms. The Balaban J connectivity index is 1.98. The topological polar surface area (TPSA) is 52.9 Å². The highest BCUT2D eigenvalue weighted by Crippen LogP contribution is 2.37. The van der Waals surface area contributed by atoms with Gasteiger partial charge in [0.25, 0.3) is 0 Å². The number of phenolic OH excluding ortho intramolecular Hbond substituents is 1. The molecule has 0 aliphatic carbocycles. The summed E-state index contributed by atoms with van der Waals surface area (Å²) in [4.78, 5) is 12.9. The van der Waals surface area contributed by atoms with Gasteiger partial charge in [-0.3, -0.25) is 4.79 Å². The first-order chi connectivity index (χ1) is 9.66. The highest BCUT2D eigenvalue weighted by atomic mass is 32.1. The molecule has 1 aliphatic heterocycles. The van der Waals surface area contributed by atoms with Gasteiger partial charge in [0.15, 0.2) is 0 Å². The van der Waals surface area contributed by atoms with Crippen molar-refractivity contribution in [2.75, 3.05) is 0 Å². The summed E-state index contributed by atoms with van der Waals surface area (Å²) in [6.45, 7) is 1.49. The van der Waals surface area contributed by atoms with Crippen LogP contribution in [0.2, 0.25) is 0 Å². The number of thiophene rings is 1. The van der Waals surface area contributed by atoms with Crippen LogP contribution in [0.25, 0.3) is 0 Å². The van der Waals surface area contributed by atoms with Crippen LogP contribution in [0.5, 0.6) is 5.75 Å². The molecule has 1 amide bonds. The molecule has 102 valence electrons. The number of benzene rings is 1. The first-order valence-electron chi connectivity index (χ1n) is 6.36. The fourth-order valence-corrected chi connectivity index (χ4v) is 3.12. The number of carbonyl (C=O) groups excluding carboxylic acids is 1. The lowest BCUT2D eigenvalue weighted by Gasteiger charge is -2.21. The van der Waals surface area contributed by atoms with E-state index in [2.05, 4.69) is 5.10 Å². The lowest BCUT2D eigenvalue weighted by molar-refractivity contribution is -0.130. The van der Waals surface area contributed by atoms with Crippen LogP contribution in [-0.2, 0) is 4.79 Å². The third-order valence-electron chi connectivity index (χ3n) is 3.33. The molecule has 0 fully saturated rings. The van der Waals surface area contributed by atoms with Crippen LogP contribution in [0.3, 0.4) is 0 Å². The maximum absolute atomic E-state index is 11.8. The summed E-state index contributed by atoms with van der Waals surface area (Å²) in [6, 6.07) is 10.8. The molecule has 5 heteroatoms. The van der Waals surface area contributed by atoms with Crippen LogP contribution >= 0.6 is 11.3 Å². The number of carbonyl (C=O) groups is 1. The normalized spacial score (nSPS) is 18.1. The zero-order valence-electron chi connectivity index (χ0n) is 11.0. The SMILES string of the molecule is CC(=O)N1N=C(c2cccs2)C[C@@H]1c1ccccc1O. The second-order valence-electron chi connectivity index (χ2n) is 4.67. The Kier molecular flexibility index (Phi) is 3.28. The van der Waals surface area contributed by atoms with E-state index in [1.54, 1.807) is 23.5 Å². The summed E-state index contributed by atoms with van der Waals surface area (Å²) in [5, 5.41) is 17.9. The highest BCUT2D eigenvalue weighted by Gasteiger charge is 2.33. The van der Waals surface area contributed by atoms with Gasteiger partial charge in [-0.1, -0.05) is 24.3 Å². The van der Waals surface area contributed by atoms with Gasteiger partial charge in [0.1, 0.15) is 5.75 Å². The third kappa shape index (κ3) is 2.20. The molecule has 2 heterocycles. The van der Waals surface area contributed by atoms with E-state index in [4.69, 9.17) is 0 Å². The van der Waals surface area contributed by atoms with E-state index < -0.39 is 0 Å². The largest absolute Gasteiger partial charge is 0.508 e. The third-order valence-corrected chi connectivity index (χ3v) is 4.25. The van der Waals surface area contributed by atoms with Crippen LogP contribution in [0.1, 0.15) is 29.8 Å². The average molecular weight is 286 g/mol. The Hall–Kier alpha value is -2.14. The van der Waals surface area contributed by atoms with Gasteiger partial charge < -0.3 is 5.11 Å². The number of phenols is 1. The lowest BCUT2D eigenvalue weighted by Crippen LogP contribution is -2.24. The Morgan fingerprint density at radius 3 is 2.80 bits per heavy atom. The van der Waals surface area contributed by atoms with Crippen LogP contribution in [-0.4, -0.2) is 21.7 Å². The van der Waals surface area contributed by atoms with Crippen molar-refractivity contribution in [3.63, 3.8) is 0 Å². The number of para-hydroxylation sites is 1. The Bertz CT molecular complexity index is 664. The zero-order valence-corrected chi connectivity index (χ0v) is 11.8. The van der Waals surface area contributed by atoms with E-state index >= 15 is 0 Å². The van der Waals surface area contributed by atoms with E-state index in [1.165, 1.54) is 11.9 Å². The zero-order chi connectivity index (χ0) is 14.1. The number of nitrogens with zero attached hydrogens (tertiary/aromatic N) is 2. The number of aromatic hydroxyl groups is 1. The summed E-state index contributed by atoms with van der Waals surface area (Å²) in [7, 11) is 0. The smallest absolute Gasteiger partial charge is 0.240 e. The van der Waals surface area contributed by atoms with Crippen molar-refractivity contribution < 1.29 is 9.90 Å². The lowest BCUT2D eigenvalue weighted by atomic mass is 10.0. The molecule has 0 bridgehead atoms. The van der Waals surface area contributed by atoms with E-state index in [0.717, 1.165) is 16.2 Å². The van der Waals surface area contributed by atoms with E-state index in [-0.39, 0.29) is 17.7 Å². The summed E-state index contributed by atoms with van der Waals surface area (Å²) in [6.07, 6.45) is 0.623. The molecule has 1 aliphatic rings. The quantitative estimate of drug-likeness (QED) is 0.922. The number of hydrogen-bond acceptors (Lipinski definition) is 4. The second kappa shape index (κ2) is 5.09. The van der Waals surface area contributed by atoms with Crippen molar-refractivity contribution in [3.8, 4) is 5.75 Å². The molecule has 0 spiro atoms. The minimum atomic E-state index is -0.231. The van der Waals surface area contributed by atoms with Gasteiger partial charge in [0.2, 0.25) is 5.91 Å². The molecule has 4 nitrogen and oxygen atoms in total. The van der Waals surface area contributed by atoms with Gasteiger partial charge in [-0.05, 0) is 17.5 Å². The molecule has 1 aromatic heterocycles. The number of hydrazone groups is 1. The monoisotopic (exact) mass is 286 g/mol. The highest BCUT2D eigenvalue weighted by molar-refractivity contribution is 7.12. The van der Waals surface area contributed by atoms with E-state index in [0.29, 0.717) is 6.42 Å². The molecular weight excluding hydrogens is 272 g/mol. The van der Waals surface area contributed by atoms with Gasteiger partial charge in [-0.15, -0.1) is 11.3 Å². The number of rotatable bonds is 2. The van der Waals surface area contributed by atoms with Crippen molar-refractivity contribution in [2.24, 2.45) is 5.10 Å². The standard InChI is InChI=1S/C15H14N2O2S/c1-10(18)17-13(11-5-2-3-6-14(11)19)9-12(16-17)15-7-4-8-20-15/h2-8,13,19H,9H2,1H3/t13-/m1/s1. The van der Waals surface area contributed by atoms with Crippen molar-refractivity contribution in [3.05, 3.63) is 52.2 Å². The van der Waals surface area contributed by atoms with Crippen LogP contribution in [0.15, 0.2) is 46.9 Å². The van der Waals surface area contributed by atoms with Gasteiger partial charge >= 0.3 is 0 Å². The fourth-order valence-electron chi connectivity index (χ4n) is 2.40. The Morgan fingerprint density at radius 2 is 2.15 bits per heavy atom. The fraction of sp³-hybridized carbons (Fsp3) is 0.200. The van der Waals surface area contributed by atoms with Gasteiger partial charge in [-0.2, -0.15) is 5.10 Å².